The van der Waals surface area contributed by atoms with Gasteiger partial charge in [0.1, 0.15) is 13.7 Å². The van der Waals surface area contributed by atoms with Crippen molar-refractivity contribution in [1.82, 2.24) is 9.97 Å². The first kappa shape index (κ1) is 13.8. The lowest BCUT2D eigenvalue weighted by atomic mass is 9.93. The number of aryl methyl sites for hydroxylation is 1. The van der Waals surface area contributed by atoms with E-state index in [2.05, 4.69) is 20.6 Å². The second kappa shape index (κ2) is 5.33. The molecule has 1 aliphatic heterocycles. The zero-order chi connectivity index (χ0) is 15.0. The molecule has 0 saturated carbocycles. The van der Waals surface area contributed by atoms with Gasteiger partial charge < -0.3 is 20.1 Å². The van der Waals surface area contributed by atoms with Gasteiger partial charge in [0.25, 0.3) is 0 Å². The maximum absolute atomic E-state index is 6.25. The smallest absolute Gasteiger partial charge is 0.231 e. The summed E-state index contributed by atoms with van der Waals surface area (Å²) in [6, 6.07) is 3.55. The minimum atomic E-state index is 0.129. The molecule has 0 unspecified atom stereocenters. The van der Waals surface area contributed by atoms with E-state index in [0.717, 1.165) is 5.69 Å². The van der Waals surface area contributed by atoms with E-state index in [9.17, 15) is 0 Å². The van der Waals surface area contributed by atoms with Crippen molar-refractivity contribution in [2.45, 2.75) is 6.92 Å². The summed E-state index contributed by atoms with van der Waals surface area (Å²) in [5.41, 5.74) is 1.71. The number of aromatic nitrogens is 2. The van der Waals surface area contributed by atoms with Gasteiger partial charge in [-0.15, -0.1) is 0 Å². The Balaban J connectivity index is 1.99. The maximum Gasteiger partial charge on any atom is 0.231 e. The molecule has 0 spiro atoms. The quantitative estimate of drug-likeness (QED) is 0.842. The van der Waals surface area contributed by atoms with Crippen molar-refractivity contribution < 1.29 is 9.47 Å². The number of hydrogen-bond acceptors (Lipinski definition) is 6. The first-order chi connectivity index (χ1) is 10.1. The average Bonchev–Trinajstić information content (AvgIpc) is 2.92. The number of halogens is 1. The van der Waals surface area contributed by atoms with Gasteiger partial charge >= 0.3 is 0 Å². The monoisotopic (exact) mass is 302 g/mol. The summed E-state index contributed by atoms with van der Waals surface area (Å²) < 4.78 is 10.6. The molecule has 0 bridgehead atoms. The Kier molecular flexibility index (Phi) is 3.51. The molecule has 106 valence electrons. The molecule has 0 amide bonds. The third kappa shape index (κ3) is 2.56. The molecular formula is C13H12BClN4O2. The lowest BCUT2D eigenvalue weighted by Gasteiger charge is -2.12. The van der Waals surface area contributed by atoms with Gasteiger partial charge in [-0.25, -0.2) is 4.98 Å². The van der Waals surface area contributed by atoms with Gasteiger partial charge in [0.05, 0.1) is 10.7 Å². The summed E-state index contributed by atoms with van der Waals surface area (Å²) in [7, 11) is 7.73. The molecule has 21 heavy (non-hydrogen) atoms. The third-order valence-electron chi connectivity index (χ3n) is 2.99. The summed E-state index contributed by atoms with van der Waals surface area (Å²) >= 11 is 6.25. The van der Waals surface area contributed by atoms with Gasteiger partial charge in [-0.3, -0.25) is 0 Å². The number of nitrogens with zero attached hydrogens (tertiary/aromatic N) is 2. The number of hydrogen-bond donors (Lipinski definition) is 2. The largest absolute Gasteiger partial charge is 0.454 e. The first-order valence-corrected chi connectivity index (χ1v) is 6.64. The van der Waals surface area contributed by atoms with Crippen LogP contribution in [0.25, 0.3) is 0 Å². The van der Waals surface area contributed by atoms with E-state index in [4.69, 9.17) is 28.9 Å². The average molecular weight is 303 g/mol. The number of anilines is 3. The number of rotatable bonds is 3. The highest BCUT2D eigenvalue weighted by molar-refractivity contribution is 6.48. The van der Waals surface area contributed by atoms with Crippen molar-refractivity contribution in [3.8, 4) is 11.5 Å². The molecular weight excluding hydrogens is 290 g/mol. The SMILES string of the molecule is [B]c1c(Cl)c(Nc2nc(C)cc(NC)n2)cc2c1OCO2. The van der Waals surface area contributed by atoms with Crippen molar-refractivity contribution in [3.63, 3.8) is 0 Å². The normalized spacial score (nSPS) is 12.3. The highest BCUT2D eigenvalue weighted by atomic mass is 35.5. The second-order valence-electron chi connectivity index (χ2n) is 4.48. The molecule has 3 rings (SSSR count). The van der Waals surface area contributed by atoms with Crippen LogP contribution < -0.4 is 25.6 Å². The Hall–Kier alpha value is -2.15. The predicted octanol–water partition coefficient (Wildman–Crippen LogP) is 1.75. The minimum absolute atomic E-state index is 0.129. The van der Waals surface area contributed by atoms with Gasteiger partial charge in [0, 0.05) is 24.9 Å². The van der Waals surface area contributed by atoms with Crippen LogP contribution in [0.5, 0.6) is 11.5 Å². The molecule has 0 saturated heterocycles. The van der Waals surface area contributed by atoms with Crippen LogP contribution in [0.3, 0.4) is 0 Å². The number of benzene rings is 1. The van der Waals surface area contributed by atoms with E-state index in [1.165, 1.54) is 0 Å². The molecule has 0 atom stereocenters. The van der Waals surface area contributed by atoms with Crippen LogP contribution in [0.1, 0.15) is 5.69 Å². The van der Waals surface area contributed by atoms with Crippen molar-refractivity contribution in [3.05, 3.63) is 22.8 Å². The summed E-state index contributed by atoms with van der Waals surface area (Å²) in [6.45, 7) is 2.01. The Morgan fingerprint density at radius 1 is 1.29 bits per heavy atom. The Morgan fingerprint density at radius 2 is 2.10 bits per heavy atom. The first-order valence-electron chi connectivity index (χ1n) is 6.26. The zero-order valence-electron chi connectivity index (χ0n) is 11.5. The molecule has 1 aliphatic rings. The molecule has 2 N–H and O–H groups in total. The summed E-state index contributed by atoms with van der Waals surface area (Å²) in [4.78, 5) is 8.61. The molecule has 0 aliphatic carbocycles. The van der Waals surface area contributed by atoms with E-state index < -0.39 is 0 Å². The fourth-order valence-electron chi connectivity index (χ4n) is 2.01. The molecule has 1 aromatic heterocycles. The van der Waals surface area contributed by atoms with Gasteiger partial charge in [-0.05, 0) is 12.4 Å². The zero-order valence-corrected chi connectivity index (χ0v) is 12.3. The van der Waals surface area contributed by atoms with E-state index in [0.29, 0.717) is 39.4 Å². The van der Waals surface area contributed by atoms with Crippen molar-refractivity contribution in [1.29, 1.82) is 0 Å². The molecule has 2 aromatic rings. The Labute approximate surface area is 128 Å². The van der Waals surface area contributed by atoms with E-state index in [-0.39, 0.29) is 6.79 Å². The van der Waals surface area contributed by atoms with Crippen LogP contribution in [0.4, 0.5) is 17.5 Å². The number of ether oxygens (including phenoxy) is 2. The third-order valence-corrected chi connectivity index (χ3v) is 3.40. The Morgan fingerprint density at radius 3 is 2.86 bits per heavy atom. The lowest BCUT2D eigenvalue weighted by molar-refractivity contribution is 0.174. The standard InChI is InChI=1S/C13H12BClN4O2/c1-6-3-9(16-2)19-13(17-6)18-7-4-8-12(21-5-20-8)10(14)11(7)15/h3-4H,5H2,1-2H3,(H2,16,17,18,19). The number of nitrogens with one attached hydrogen (secondary N) is 2. The van der Waals surface area contributed by atoms with Crippen LogP contribution in [-0.2, 0) is 0 Å². The topological polar surface area (TPSA) is 68.3 Å². The van der Waals surface area contributed by atoms with Gasteiger partial charge in [-0.1, -0.05) is 11.6 Å². The minimum Gasteiger partial charge on any atom is -0.454 e. The molecule has 6 nitrogen and oxygen atoms in total. The predicted molar refractivity (Wildman–Crippen MR) is 82.6 cm³/mol. The van der Waals surface area contributed by atoms with Crippen LogP contribution in [-0.4, -0.2) is 31.7 Å². The molecule has 2 radical (unpaired) electrons. The summed E-state index contributed by atoms with van der Waals surface area (Å²) in [5, 5.41) is 6.36. The van der Waals surface area contributed by atoms with Gasteiger partial charge in [0.15, 0.2) is 11.5 Å². The number of fused-ring (bicyclic) bond motifs is 1. The van der Waals surface area contributed by atoms with Crippen molar-refractivity contribution in [2.24, 2.45) is 0 Å². The van der Waals surface area contributed by atoms with Crippen LogP contribution >= 0.6 is 11.6 Å². The second-order valence-corrected chi connectivity index (χ2v) is 4.86. The highest BCUT2D eigenvalue weighted by Gasteiger charge is 2.21. The van der Waals surface area contributed by atoms with E-state index in [1.807, 2.05) is 13.0 Å². The lowest BCUT2D eigenvalue weighted by Crippen LogP contribution is -2.10. The van der Waals surface area contributed by atoms with Crippen LogP contribution in [0.15, 0.2) is 12.1 Å². The van der Waals surface area contributed by atoms with Crippen LogP contribution in [0, 0.1) is 6.92 Å². The van der Waals surface area contributed by atoms with Crippen LogP contribution in [0.2, 0.25) is 5.02 Å². The van der Waals surface area contributed by atoms with Gasteiger partial charge in [-0.2, -0.15) is 4.98 Å². The van der Waals surface area contributed by atoms with Crippen molar-refractivity contribution >= 4 is 42.4 Å². The summed E-state index contributed by atoms with van der Waals surface area (Å²) in [6.07, 6.45) is 0. The van der Waals surface area contributed by atoms with Gasteiger partial charge in [0.2, 0.25) is 12.7 Å². The van der Waals surface area contributed by atoms with Crippen molar-refractivity contribution in [2.75, 3.05) is 24.5 Å². The molecule has 1 aromatic carbocycles. The maximum atomic E-state index is 6.25. The fourth-order valence-corrected chi connectivity index (χ4v) is 2.20. The summed E-state index contributed by atoms with van der Waals surface area (Å²) in [5.74, 6) is 2.13. The van der Waals surface area contributed by atoms with E-state index in [1.54, 1.807) is 13.1 Å². The highest BCUT2D eigenvalue weighted by Crippen LogP contribution is 2.37. The Bertz CT molecular complexity index is 711. The molecule has 8 heteroatoms. The molecule has 2 heterocycles. The molecule has 0 fully saturated rings. The van der Waals surface area contributed by atoms with E-state index >= 15 is 0 Å². The fraction of sp³-hybridized carbons (Fsp3) is 0.231.